The van der Waals surface area contributed by atoms with Crippen molar-refractivity contribution in [1.82, 2.24) is 30.2 Å². The second-order valence-corrected chi connectivity index (χ2v) is 11.7. The minimum Gasteiger partial charge on any atom is -0.328 e. The zero-order valence-corrected chi connectivity index (χ0v) is 23.0. The number of hydrogen-bond donors (Lipinski definition) is 4. The Balaban J connectivity index is 2.21. The van der Waals surface area contributed by atoms with E-state index in [2.05, 4.69) is 15.1 Å². The van der Waals surface area contributed by atoms with Crippen molar-refractivity contribution in [2.75, 3.05) is 13.1 Å². The number of rotatable bonds is 14. The third-order valence-corrected chi connectivity index (χ3v) is 7.24. The highest BCUT2D eigenvalue weighted by Gasteiger charge is 2.35. The van der Waals surface area contributed by atoms with Crippen LogP contribution in [0, 0.1) is 23.7 Å². The van der Waals surface area contributed by atoms with Gasteiger partial charge in [-0.1, -0.05) is 45.9 Å². The van der Waals surface area contributed by atoms with E-state index in [0.29, 0.717) is 0 Å². The van der Waals surface area contributed by atoms with Crippen LogP contribution in [0.3, 0.4) is 0 Å². The summed E-state index contributed by atoms with van der Waals surface area (Å²) < 4.78 is 29.2. The van der Waals surface area contributed by atoms with Gasteiger partial charge in [0.15, 0.2) is 0 Å². The molecule has 4 N–H and O–H groups in total. The number of carbonyl (C=O) groups excluding carboxylic acids is 3. The molecule has 0 fully saturated rings. The standard InChI is InChI=1S/C25H38N6O6S/c1-18(2)14-22(24(33)28-31(15-19(3)4)23(32)16-30-13-12-26-17-30)21(25(34)29-35)10-11-27-38(36,37)20-8-6-5-7-9-20/h5-9,12-13,17-19,21-22,27,35H,10-11,14-16H2,1-4H3,(H,28,33)(H,29,34)/t21-,22+/m0/s1. The zero-order chi connectivity index (χ0) is 28.3. The van der Waals surface area contributed by atoms with Crippen LogP contribution in [0.1, 0.15) is 40.5 Å². The summed E-state index contributed by atoms with van der Waals surface area (Å²) >= 11 is 0. The fourth-order valence-corrected chi connectivity index (χ4v) is 5.07. The minimum absolute atomic E-state index is 0.0130. The number of hydrogen-bond acceptors (Lipinski definition) is 7. The lowest BCUT2D eigenvalue weighted by Gasteiger charge is -2.31. The Labute approximate surface area is 223 Å². The number of hydrazine groups is 1. The van der Waals surface area contributed by atoms with Gasteiger partial charge in [-0.3, -0.25) is 30.0 Å². The van der Waals surface area contributed by atoms with Gasteiger partial charge in [0.05, 0.1) is 23.1 Å². The molecule has 0 aliphatic carbocycles. The average molecular weight is 551 g/mol. The number of carbonyl (C=O) groups is 3. The van der Waals surface area contributed by atoms with E-state index >= 15 is 0 Å². The molecule has 0 aliphatic rings. The molecule has 1 aromatic carbocycles. The average Bonchev–Trinajstić information content (AvgIpc) is 3.37. The topological polar surface area (TPSA) is 163 Å². The highest BCUT2D eigenvalue weighted by atomic mass is 32.2. The third kappa shape index (κ3) is 9.54. The van der Waals surface area contributed by atoms with E-state index in [1.807, 2.05) is 27.7 Å². The lowest BCUT2D eigenvalue weighted by Crippen LogP contribution is -2.53. The second-order valence-electron chi connectivity index (χ2n) is 9.93. The predicted molar refractivity (Wildman–Crippen MR) is 140 cm³/mol. The number of nitrogens with one attached hydrogen (secondary N) is 3. The van der Waals surface area contributed by atoms with Gasteiger partial charge in [-0.15, -0.1) is 0 Å². The molecule has 1 heterocycles. The summed E-state index contributed by atoms with van der Waals surface area (Å²) in [7, 11) is -3.83. The monoisotopic (exact) mass is 550 g/mol. The number of amides is 3. The molecule has 2 aromatic rings. The lowest BCUT2D eigenvalue weighted by molar-refractivity contribution is -0.148. The van der Waals surface area contributed by atoms with Crippen molar-refractivity contribution in [3.63, 3.8) is 0 Å². The van der Waals surface area contributed by atoms with Crippen LogP contribution < -0.4 is 15.6 Å². The van der Waals surface area contributed by atoms with Crippen LogP contribution in [-0.2, 0) is 31.0 Å². The van der Waals surface area contributed by atoms with E-state index < -0.39 is 33.7 Å². The maximum absolute atomic E-state index is 13.5. The molecule has 0 aliphatic heterocycles. The van der Waals surface area contributed by atoms with Gasteiger partial charge in [0.2, 0.25) is 21.8 Å². The first-order valence-electron chi connectivity index (χ1n) is 12.5. The van der Waals surface area contributed by atoms with Gasteiger partial charge in [0.25, 0.3) is 5.91 Å². The summed E-state index contributed by atoms with van der Waals surface area (Å²) in [5.41, 5.74) is 4.27. The zero-order valence-electron chi connectivity index (χ0n) is 22.2. The fraction of sp³-hybridized carbons (Fsp3) is 0.520. The van der Waals surface area contributed by atoms with Gasteiger partial charge in [-0.25, -0.2) is 23.6 Å². The first kappa shape index (κ1) is 30.9. The largest absolute Gasteiger partial charge is 0.328 e. The van der Waals surface area contributed by atoms with E-state index in [1.165, 1.54) is 23.5 Å². The van der Waals surface area contributed by atoms with E-state index in [4.69, 9.17) is 0 Å². The summed E-state index contributed by atoms with van der Waals surface area (Å²) in [6, 6.07) is 7.77. The summed E-state index contributed by atoms with van der Waals surface area (Å²) in [6.07, 6.45) is 4.87. The van der Waals surface area contributed by atoms with Crippen LogP contribution in [0.4, 0.5) is 0 Å². The highest BCUT2D eigenvalue weighted by molar-refractivity contribution is 7.89. The molecule has 0 bridgehead atoms. The smallest absolute Gasteiger partial charge is 0.260 e. The maximum Gasteiger partial charge on any atom is 0.260 e. The fourth-order valence-electron chi connectivity index (χ4n) is 4.00. The molecule has 0 saturated heterocycles. The van der Waals surface area contributed by atoms with Gasteiger partial charge < -0.3 is 4.57 Å². The Hall–Kier alpha value is -3.29. The Kier molecular flexibility index (Phi) is 11.9. The normalized spacial score (nSPS) is 13.2. The Morgan fingerprint density at radius 1 is 1.03 bits per heavy atom. The quantitative estimate of drug-likeness (QED) is 0.205. The van der Waals surface area contributed by atoms with Crippen LogP contribution in [0.25, 0.3) is 0 Å². The number of benzene rings is 1. The number of nitrogens with zero attached hydrogens (tertiary/aromatic N) is 3. The van der Waals surface area contributed by atoms with E-state index in [1.54, 1.807) is 40.6 Å². The minimum atomic E-state index is -3.83. The Morgan fingerprint density at radius 3 is 2.26 bits per heavy atom. The van der Waals surface area contributed by atoms with Crippen molar-refractivity contribution >= 4 is 27.7 Å². The molecule has 38 heavy (non-hydrogen) atoms. The lowest BCUT2D eigenvalue weighted by atomic mass is 9.82. The van der Waals surface area contributed by atoms with E-state index in [-0.39, 0.29) is 55.1 Å². The number of aromatic nitrogens is 2. The summed E-state index contributed by atoms with van der Waals surface area (Å²) in [6.45, 7) is 7.61. The molecule has 0 spiro atoms. The van der Waals surface area contributed by atoms with Crippen molar-refractivity contribution in [3.05, 3.63) is 49.1 Å². The Morgan fingerprint density at radius 2 is 1.71 bits per heavy atom. The summed E-state index contributed by atoms with van der Waals surface area (Å²) in [5.74, 6) is -3.74. The first-order valence-corrected chi connectivity index (χ1v) is 14.0. The third-order valence-electron chi connectivity index (χ3n) is 5.77. The van der Waals surface area contributed by atoms with Crippen LogP contribution in [-0.4, -0.2) is 59.0 Å². The molecular formula is C25H38N6O6S. The molecule has 2 atom stereocenters. The van der Waals surface area contributed by atoms with E-state index in [0.717, 1.165) is 0 Å². The molecule has 3 amide bonds. The number of imidazole rings is 1. The molecule has 13 heteroatoms. The maximum atomic E-state index is 13.5. The van der Waals surface area contributed by atoms with Crippen molar-refractivity contribution in [3.8, 4) is 0 Å². The van der Waals surface area contributed by atoms with Crippen LogP contribution in [0.15, 0.2) is 53.9 Å². The molecule has 12 nitrogen and oxygen atoms in total. The van der Waals surface area contributed by atoms with Gasteiger partial charge in [-0.2, -0.15) is 0 Å². The molecular weight excluding hydrogens is 512 g/mol. The summed E-state index contributed by atoms with van der Waals surface area (Å²) in [4.78, 5) is 43.1. The molecule has 1 aromatic heterocycles. The van der Waals surface area contributed by atoms with Crippen molar-refractivity contribution in [2.24, 2.45) is 23.7 Å². The van der Waals surface area contributed by atoms with Crippen LogP contribution >= 0.6 is 0 Å². The van der Waals surface area contributed by atoms with Gasteiger partial charge >= 0.3 is 0 Å². The van der Waals surface area contributed by atoms with Crippen molar-refractivity contribution in [1.29, 1.82) is 0 Å². The van der Waals surface area contributed by atoms with Crippen LogP contribution in [0.5, 0.6) is 0 Å². The molecule has 210 valence electrons. The van der Waals surface area contributed by atoms with Gasteiger partial charge in [0, 0.05) is 25.5 Å². The van der Waals surface area contributed by atoms with Gasteiger partial charge in [0.1, 0.15) is 6.54 Å². The molecule has 2 rings (SSSR count). The molecule has 0 unspecified atom stereocenters. The SMILES string of the molecule is CC(C)C[C@@H](C(=O)NN(CC(C)C)C(=O)Cn1ccnc1)[C@H](CCNS(=O)(=O)c1ccccc1)C(=O)NO. The molecule has 0 saturated carbocycles. The second kappa shape index (κ2) is 14.6. The highest BCUT2D eigenvalue weighted by Crippen LogP contribution is 2.25. The van der Waals surface area contributed by atoms with Crippen LogP contribution in [0.2, 0.25) is 0 Å². The van der Waals surface area contributed by atoms with Gasteiger partial charge in [-0.05, 0) is 36.8 Å². The van der Waals surface area contributed by atoms with E-state index in [9.17, 15) is 28.0 Å². The van der Waals surface area contributed by atoms with Crippen molar-refractivity contribution in [2.45, 2.75) is 52.0 Å². The predicted octanol–water partition coefficient (Wildman–Crippen LogP) is 1.55. The number of hydroxylamine groups is 1. The Bertz CT molecular complexity index is 1140. The summed E-state index contributed by atoms with van der Waals surface area (Å²) in [5, 5.41) is 10.6. The number of sulfonamides is 1. The molecule has 0 radical (unpaired) electrons. The first-order chi connectivity index (χ1) is 17.9. The van der Waals surface area contributed by atoms with Crippen molar-refractivity contribution < 1.29 is 28.0 Å².